The highest BCUT2D eigenvalue weighted by atomic mass is 35.5. The van der Waals surface area contributed by atoms with Gasteiger partial charge in [0, 0.05) is 21.2 Å². The first-order valence-electron chi connectivity index (χ1n) is 12.2. The molecule has 200 valence electrons. The molecule has 0 aliphatic rings. The van der Waals surface area contributed by atoms with Gasteiger partial charge >= 0.3 is 5.97 Å². The van der Waals surface area contributed by atoms with Crippen LogP contribution in [-0.2, 0) is 4.74 Å². The van der Waals surface area contributed by atoms with Crippen molar-refractivity contribution in [3.05, 3.63) is 106 Å². The molecule has 0 spiro atoms. The lowest BCUT2D eigenvalue weighted by atomic mass is 10.0. The zero-order valence-electron chi connectivity index (χ0n) is 21.9. The summed E-state index contributed by atoms with van der Waals surface area (Å²) in [5.74, 6) is -1.76. The topological polar surface area (TPSA) is 92.6 Å². The molecule has 9 heteroatoms. The number of carbonyl (C=O) groups is 2. The van der Waals surface area contributed by atoms with Crippen molar-refractivity contribution in [3.63, 3.8) is 0 Å². The Bertz CT molecular complexity index is 1490. The van der Waals surface area contributed by atoms with Crippen molar-refractivity contribution >= 4 is 35.1 Å². The number of ether oxygens (including phenoxy) is 1. The van der Waals surface area contributed by atoms with Crippen molar-refractivity contribution in [2.24, 2.45) is 0 Å². The van der Waals surface area contributed by atoms with Gasteiger partial charge in [0.25, 0.3) is 5.91 Å². The van der Waals surface area contributed by atoms with E-state index in [4.69, 9.17) is 27.9 Å². The number of carbonyl (C=O) groups excluding carboxylic acids is 2. The number of aromatic nitrogens is 2. The van der Waals surface area contributed by atoms with Gasteiger partial charge < -0.3 is 4.74 Å². The number of hydrogen-bond acceptors (Lipinski definition) is 6. The third-order valence-corrected chi connectivity index (χ3v) is 6.29. The van der Waals surface area contributed by atoms with Gasteiger partial charge in [0.2, 0.25) is 0 Å². The van der Waals surface area contributed by atoms with Crippen molar-refractivity contribution in [3.8, 4) is 22.5 Å². The molecule has 1 heterocycles. The van der Waals surface area contributed by atoms with Crippen LogP contribution in [0.15, 0.2) is 78.9 Å². The van der Waals surface area contributed by atoms with Crippen LogP contribution < -0.4 is 0 Å². The lowest BCUT2D eigenvalue weighted by Crippen LogP contribution is -2.34. The van der Waals surface area contributed by atoms with Gasteiger partial charge in [0.05, 0.1) is 17.4 Å². The normalized spacial score (nSPS) is 12.1. The summed E-state index contributed by atoms with van der Waals surface area (Å²) < 4.78 is 5.58. The molecule has 1 unspecified atom stereocenters. The van der Waals surface area contributed by atoms with Gasteiger partial charge in [-0.2, -0.15) is 0 Å². The van der Waals surface area contributed by atoms with Crippen LogP contribution in [0.4, 0.5) is 0 Å². The van der Waals surface area contributed by atoms with E-state index >= 15 is 0 Å². The van der Waals surface area contributed by atoms with E-state index in [-0.39, 0.29) is 11.4 Å². The number of benzene rings is 3. The summed E-state index contributed by atoms with van der Waals surface area (Å²) in [5.41, 5.74) is 0.994. The number of amides is 1. The maximum atomic E-state index is 13.7. The third kappa shape index (κ3) is 6.63. The van der Waals surface area contributed by atoms with Crippen molar-refractivity contribution in [1.29, 1.82) is 0 Å². The van der Waals surface area contributed by atoms with Gasteiger partial charge in [-0.15, -0.1) is 0 Å². The summed E-state index contributed by atoms with van der Waals surface area (Å²) in [6, 6.07) is 22.0. The molecule has 39 heavy (non-hydrogen) atoms. The van der Waals surface area contributed by atoms with Gasteiger partial charge in [-0.3, -0.25) is 10.0 Å². The Kier molecular flexibility index (Phi) is 8.35. The minimum absolute atomic E-state index is 0.311. The van der Waals surface area contributed by atoms with E-state index in [1.807, 2.05) is 6.07 Å². The quantitative estimate of drug-likeness (QED) is 0.147. The number of rotatable bonds is 6. The highest BCUT2D eigenvalue weighted by Crippen LogP contribution is 2.33. The van der Waals surface area contributed by atoms with E-state index in [9.17, 15) is 14.8 Å². The molecule has 3 aromatic carbocycles. The van der Waals surface area contributed by atoms with Crippen LogP contribution in [0, 0.1) is 0 Å². The number of nitrogens with zero attached hydrogens (tertiary/aromatic N) is 3. The van der Waals surface area contributed by atoms with Crippen LogP contribution in [0.25, 0.3) is 22.5 Å². The van der Waals surface area contributed by atoms with Gasteiger partial charge in [-0.05, 0) is 57.5 Å². The summed E-state index contributed by atoms with van der Waals surface area (Å²) in [6.07, 6.45) is 0. The van der Waals surface area contributed by atoms with E-state index in [0.29, 0.717) is 43.2 Å². The van der Waals surface area contributed by atoms with E-state index in [2.05, 4.69) is 9.97 Å². The number of esters is 1. The molecule has 4 rings (SSSR count). The summed E-state index contributed by atoms with van der Waals surface area (Å²) in [6.45, 7) is 6.78. The minimum Gasteiger partial charge on any atom is -0.455 e. The summed E-state index contributed by atoms with van der Waals surface area (Å²) >= 11 is 12.2. The average molecular weight is 564 g/mol. The number of hydroxylamine groups is 2. The first-order valence-corrected chi connectivity index (χ1v) is 12.9. The van der Waals surface area contributed by atoms with Crippen LogP contribution in [0.3, 0.4) is 0 Å². The molecule has 4 aromatic rings. The van der Waals surface area contributed by atoms with Crippen LogP contribution in [0.1, 0.15) is 60.3 Å². The molecule has 0 saturated carbocycles. The largest absolute Gasteiger partial charge is 0.455 e. The molecule has 1 N–H and O–H groups in total. The molecule has 0 bridgehead atoms. The Morgan fingerprint density at radius 1 is 0.795 bits per heavy atom. The highest BCUT2D eigenvalue weighted by Gasteiger charge is 2.32. The standard InChI is InChI=1S/C30H27Cl2N3O4/c1-18(19-8-6-5-7-9-19)35(38)28(36)26-27(29(37)39-30(2,3)4)34-25(21-12-16-23(32)17-13-21)24(33-26)20-10-14-22(31)15-11-20/h5-18,38H,1-4H3. The molecule has 0 aliphatic carbocycles. The number of halogens is 2. The average Bonchev–Trinajstić information content (AvgIpc) is 2.91. The summed E-state index contributed by atoms with van der Waals surface area (Å²) in [7, 11) is 0. The SMILES string of the molecule is CC(c1ccccc1)N(O)C(=O)c1nc(-c2ccc(Cl)cc2)c(-c2ccc(Cl)cc2)nc1C(=O)OC(C)(C)C. The fourth-order valence-electron chi connectivity index (χ4n) is 3.83. The number of hydrogen-bond donors (Lipinski definition) is 1. The lowest BCUT2D eigenvalue weighted by Gasteiger charge is -2.25. The van der Waals surface area contributed by atoms with Crippen molar-refractivity contribution in [1.82, 2.24) is 15.0 Å². The first-order chi connectivity index (χ1) is 18.4. The molecule has 1 aromatic heterocycles. The molecule has 1 atom stereocenters. The molecule has 7 nitrogen and oxygen atoms in total. The van der Waals surface area contributed by atoms with Crippen molar-refractivity contribution in [2.45, 2.75) is 39.3 Å². The van der Waals surface area contributed by atoms with Gasteiger partial charge in [0.1, 0.15) is 5.60 Å². The molecule has 0 saturated heterocycles. The Morgan fingerprint density at radius 2 is 1.26 bits per heavy atom. The first kappa shape index (κ1) is 28.2. The molecular formula is C30H27Cl2N3O4. The minimum atomic E-state index is -0.905. The van der Waals surface area contributed by atoms with Crippen LogP contribution in [0.5, 0.6) is 0 Å². The molecule has 0 aliphatic heterocycles. The zero-order chi connectivity index (χ0) is 28.3. The summed E-state index contributed by atoms with van der Waals surface area (Å²) in [5, 5.41) is 12.6. The molecular weight excluding hydrogens is 537 g/mol. The lowest BCUT2D eigenvalue weighted by molar-refractivity contribution is -0.0859. The van der Waals surface area contributed by atoms with Crippen LogP contribution >= 0.6 is 23.2 Å². The Hall–Kier alpha value is -3.78. The van der Waals surface area contributed by atoms with E-state index < -0.39 is 23.5 Å². The van der Waals surface area contributed by atoms with Crippen molar-refractivity contribution < 1.29 is 19.5 Å². The monoisotopic (exact) mass is 563 g/mol. The van der Waals surface area contributed by atoms with Crippen LogP contribution in [-0.4, -0.2) is 37.7 Å². The second-order valence-electron chi connectivity index (χ2n) is 9.87. The van der Waals surface area contributed by atoms with Gasteiger partial charge in [-0.1, -0.05) is 77.8 Å². The fourth-order valence-corrected chi connectivity index (χ4v) is 4.08. The predicted octanol–water partition coefficient (Wildman–Crippen LogP) is 7.67. The fraction of sp³-hybridized carbons (Fsp3) is 0.200. The van der Waals surface area contributed by atoms with E-state index in [0.717, 1.165) is 0 Å². The zero-order valence-corrected chi connectivity index (χ0v) is 23.4. The van der Waals surface area contributed by atoms with E-state index in [1.54, 1.807) is 100 Å². The van der Waals surface area contributed by atoms with Gasteiger partial charge in [0.15, 0.2) is 11.4 Å². The predicted molar refractivity (Wildman–Crippen MR) is 151 cm³/mol. The van der Waals surface area contributed by atoms with Crippen LogP contribution in [0.2, 0.25) is 10.0 Å². The summed E-state index contributed by atoms with van der Waals surface area (Å²) in [4.78, 5) is 36.3. The maximum absolute atomic E-state index is 13.7. The molecule has 1 amide bonds. The maximum Gasteiger partial charge on any atom is 0.359 e. The smallest absolute Gasteiger partial charge is 0.359 e. The van der Waals surface area contributed by atoms with E-state index in [1.165, 1.54) is 0 Å². The molecule has 0 radical (unpaired) electrons. The Labute approximate surface area is 237 Å². The van der Waals surface area contributed by atoms with Crippen molar-refractivity contribution in [2.75, 3.05) is 0 Å². The Balaban J connectivity index is 1.94. The second-order valence-corrected chi connectivity index (χ2v) is 10.7. The third-order valence-electron chi connectivity index (χ3n) is 5.78. The Morgan fingerprint density at radius 3 is 1.72 bits per heavy atom. The second kappa shape index (κ2) is 11.5. The molecule has 0 fully saturated rings. The van der Waals surface area contributed by atoms with Gasteiger partial charge in [-0.25, -0.2) is 19.8 Å². The highest BCUT2D eigenvalue weighted by molar-refractivity contribution is 6.31.